The van der Waals surface area contributed by atoms with Gasteiger partial charge in [0.15, 0.2) is 0 Å². The molecule has 0 aliphatic heterocycles. The third-order valence-electron chi connectivity index (χ3n) is 3.64. The van der Waals surface area contributed by atoms with Gasteiger partial charge in [-0.05, 0) is 32.1 Å². The monoisotopic (exact) mass is 436 g/mol. The number of carboxylic acids is 4. The minimum Gasteiger partial charge on any atom is -0.481 e. The number of unbranched alkanes of at least 4 members (excludes halogenated alkanes) is 3. The average Bonchev–Trinajstić information content (AvgIpc) is 2.62. The van der Waals surface area contributed by atoms with Crippen LogP contribution in [0, 0.1) is 5.92 Å². The molecule has 0 aromatic carbocycles. The van der Waals surface area contributed by atoms with Gasteiger partial charge in [0.25, 0.3) is 0 Å². The zero-order valence-electron chi connectivity index (χ0n) is 19.5. The highest BCUT2D eigenvalue weighted by molar-refractivity contribution is 5.69. The first-order valence-electron chi connectivity index (χ1n) is 10.9. The second-order valence-electron chi connectivity index (χ2n) is 6.72. The van der Waals surface area contributed by atoms with Crippen LogP contribution in [-0.4, -0.2) is 44.3 Å². The van der Waals surface area contributed by atoms with Crippen molar-refractivity contribution < 1.29 is 39.6 Å². The molecule has 0 saturated heterocycles. The second kappa shape index (κ2) is 29.1. The zero-order valence-corrected chi connectivity index (χ0v) is 19.5. The third-order valence-corrected chi connectivity index (χ3v) is 3.64. The summed E-state index contributed by atoms with van der Waals surface area (Å²) in [5, 5.41) is 32.5. The van der Waals surface area contributed by atoms with E-state index >= 15 is 0 Å². The van der Waals surface area contributed by atoms with Crippen LogP contribution in [0.25, 0.3) is 0 Å². The van der Waals surface area contributed by atoms with Crippen molar-refractivity contribution in [3.63, 3.8) is 0 Å². The fraction of sp³-hybridized carbons (Fsp3) is 0.818. The SMILES string of the molecule is CCCC(=O)O.CCCC(=O)O.CCCC(=O)O.CCCCCCC(CC)C(=O)O. The Hall–Kier alpha value is -2.12. The minimum atomic E-state index is -0.711. The summed E-state index contributed by atoms with van der Waals surface area (Å²) in [5.74, 6) is -2.87. The van der Waals surface area contributed by atoms with E-state index in [1.807, 2.05) is 27.7 Å². The molecule has 0 aliphatic carbocycles. The number of carboxylic acid groups (broad SMARTS) is 4. The van der Waals surface area contributed by atoms with E-state index in [9.17, 15) is 19.2 Å². The van der Waals surface area contributed by atoms with Gasteiger partial charge in [-0.1, -0.05) is 60.3 Å². The first-order valence-corrected chi connectivity index (χ1v) is 10.9. The topological polar surface area (TPSA) is 149 Å². The summed E-state index contributed by atoms with van der Waals surface area (Å²) < 4.78 is 0. The molecule has 0 radical (unpaired) electrons. The molecule has 4 N–H and O–H groups in total. The molecule has 1 atom stereocenters. The van der Waals surface area contributed by atoms with Gasteiger partial charge >= 0.3 is 23.9 Å². The van der Waals surface area contributed by atoms with E-state index in [4.69, 9.17) is 20.4 Å². The van der Waals surface area contributed by atoms with Crippen LogP contribution in [0.15, 0.2) is 0 Å². The van der Waals surface area contributed by atoms with Crippen molar-refractivity contribution in [3.8, 4) is 0 Å². The molecule has 0 aliphatic rings. The van der Waals surface area contributed by atoms with Gasteiger partial charge in [-0.25, -0.2) is 0 Å². The standard InChI is InChI=1S/C10H20O2.3C4H8O2/c1-3-5-6-7-8-9(4-2)10(11)12;3*1-2-3-4(5)6/h9H,3-8H2,1-2H3,(H,11,12);3*2-3H2,1H3,(H,5,6). The highest BCUT2D eigenvalue weighted by Crippen LogP contribution is 2.14. The summed E-state index contributed by atoms with van der Waals surface area (Å²) in [6, 6.07) is 0. The molecular formula is C22H44O8. The van der Waals surface area contributed by atoms with E-state index in [0.29, 0.717) is 19.3 Å². The van der Waals surface area contributed by atoms with Crippen LogP contribution in [0.4, 0.5) is 0 Å². The maximum Gasteiger partial charge on any atom is 0.306 e. The van der Waals surface area contributed by atoms with Crippen molar-refractivity contribution in [2.75, 3.05) is 0 Å². The molecule has 0 heterocycles. The van der Waals surface area contributed by atoms with Gasteiger partial charge in [-0.2, -0.15) is 0 Å². The second-order valence-corrected chi connectivity index (χ2v) is 6.72. The Kier molecular flexibility index (Phi) is 34.2. The molecule has 1 unspecified atom stereocenters. The number of hydrogen-bond acceptors (Lipinski definition) is 4. The van der Waals surface area contributed by atoms with Gasteiger partial charge in [0.1, 0.15) is 0 Å². The molecule has 8 nitrogen and oxygen atoms in total. The third kappa shape index (κ3) is 44.9. The fourth-order valence-electron chi connectivity index (χ4n) is 1.96. The summed E-state index contributed by atoms with van der Waals surface area (Å²) in [6.45, 7) is 9.63. The summed E-state index contributed by atoms with van der Waals surface area (Å²) in [4.78, 5) is 39.4. The van der Waals surface area contributed by atoms with Crippen LogP contribution in [0.5, 0.6) is 0 Å². The van der Waals surface area contributed by atoms with E-state index in [1.165, 1.54) is 19.3 Å². The Morgan fingerprint density at radius 3 is 1.10 bits per heavy atom. The first-order chi connectivity index (χ1) is 14.0. The number of aliphatic carboxylic acids is 4. The van der Waals surface area contributed by atoms with Crippen LogP contribution in [-0.2, 0) is 19.2 Å². The Morgan fingerprint density at radius 2 is 0.933 bits per heavy atom. The van der Waals surface area contributed by atoms with Crippen LogP contribution < -0.4 is 0 Å². The van der Waals surface area contributed by atoms with E-state index < -0.39 is 23.9 Å². The predicted octanol–water partition coefficient (Wildman–Crippen LogP) is 5.68. The summed E-state index contributed by atoms with van der Waals surface area (Å²) in [6.07, 6.45) is 9.38. The Morgan fingerprint density at radius 1 is 0.567 bits per heavy atom. The highest BCUT2D eigenvalue weighted by Gasteiger charge is 2.13. The molecule has 0 aromatic rings. The molecule has 30 heavy (non-hydrogen) atoms. The molecule has 0 amide bonds. The van der Waals surface area contributed by atoms with E-state index in [1.54, 1.807) is 0 Å². The van der Waals surface area contributed by atoms with Crippen molar-refractivity contribution in [2.24, 2.45) is 5.92 Å². The summed E-state index contributed by atoms with van der Waals surface area (Å²) >= 11 is 0. The number of carbonyl (C=O) groups is 4. The minimum absolute atomic E-state index is 0.109. The Bertz CT molecular complexity index is 383. The molecule has 0 aromatic heterocycles. The average molecular weight is 437 g/mol. The smallest absolute Gasteiger partial charge is 0.306 e. The maximum atomic E-state index is 10.6. The molecule has 0 spiro atoms. The maximum absolute atomic E-state index is 10.6. The first kappa shape index (κ1) is 35.3. The molecule has 8 heteroatoms. The number of rotatable bonds is 13. The van der Waals surface area contributed by atoms with Crippen molar-refractivity contribution in [3.05, 3.63) is 0 Å². The van der Waals surface area contributed by atoms with Crippen LogP contribution in [0.2, 0.25) is 0 Å². The predicted molar refractivity (Wildman–Crippen MR) is 118 cm³/mol. The van der Waals surface area contributed by atoms with Gasteiger partial charge in [0.2, 0.25) is 0 Å². The van der Waals surface area contributed by atoms with Crippen molar-refractivity contribution in [1.82, 2.24) is 0 Å². The molecule has 0 bridgehead atoms. The van der Waals surface area contributed by atoms with Crippen molar-refractivity contribution in [2.45, 2.75) is 112 Å². The summed E-state index contributed by atoms with van der Waals surface area (Å²) in [5.41, 5.74) is 0. The van der Waals surface area contributed by atoms with Gasteiger partial charge < -0.3 is 20.4 Å². The fourth-order valence-corrected chi connectivity index (χ4v) is 1.96. The molecule has 0 saturated carbocycles. The van der Waals surface area contributed by atoms with E-state index in [0.717, 1.165) is 38.5 Å². The van der Waals surface area contributed by atoms with Gasteiger partial charge in [-0.15, -0.1) is 0 Å². The van der Waals surface area contributed by atoms with E-state index in [2.05, 4.69) is 6.92 Å². The lowest BCUT2D eigenvalue weighted by Gasteiger charge is -2.08. The zero-order chi connectivity index (χ0) is 24.4. The molecule has 180 valence electrons. The largest absolute Gasteiger partial charge is 0.481 e. The Balaban J connectivity index is -0.000000161. The lowest BCUT2D eigenvalue weighted by atomic mass is 9.99. The highest BCUT2D eigenvalue weighted by atomic mass is 16.4. The van der Waals surface area contributed by atoms with Crippen molar-refractivity contribution in [1.29, 1.82) is 0 Å². The van der Waals surface area contributed by atoms with Crippen LogP contribution >= 0.6 is 0 Å². The lowest BCUT2D eigenvalue weighted by Crippen LogP contribution is -2.12. The van der Waals surface area contributed by atoms with Gasteiger partial charge in [0, 0.05) is 19.3 Å². The summed E-state index contributed by atoms with van der Waals surface area (Å²) in [7, 11) is 0. The molecular weight excluding hydrogens is 392 g/mol. The van der Waals surface area contributed by atoms with Crippen LogP contribution in [0.1, 0.15) is 112 Å². The molecule has 0 rings (SSSR count). The van der Waals surface area contributed by atoms with Crippen molar-refractivity contribution >= 4 is 23.9 Å². The Labute approximate surface area is 181 Å². The van der Waals surface area contributed by atoms with E-state index in [-0.39, 0.29) is 5.92 Å². The van der Waals surface area contributed by atoms with Crippen LogP contribution in [0.3, 0.4) is 0 Å². The lowest BCUT2D eigenvalue weighted by molar-refractivity contribution is -0.142. The van der Waals surface area contributed by atoms with Gasteiger partial charge in [0.05, 0.1) is 5.92 Å². The van der Waals surface area contributed by atoms with Gasteiger partial charge in [-0.3, -0.25) is 19.2 Å². The molecule has 0 fully saturated rings. The normalized spacial score (nSPS) is 10.0. The quantitative estimate of drug-likeness (QED) is 0.269. The number of hydrogen-bond donors (Lipinski definition) is 4.